The summed E-state index contributed by atoms with van der Waals surface area (Å²) in [6.07, 6.45) is -7.62. The highest BCUT2D eigenvalue weighted by Crippen LogP contribution is 2.33. The summed E-state index contributed by atoms with van der Waals surface area (Å²) in [5, 5.41) is 0.440. The third-order valence-corrected chi connectivity index (χ3v) is 5.84. The van der Waals surface area contributed by atoms with Crippen molar-refractivity contribution >= 4 is 27.5 Å². The van der Waals surface area contributed by atoms with E-state index in [1.54, 1.807) is 24.3 Å². The number of pyridine rings is 1. The van der Waals surface area contributed by atoms with E-state index in [-0.39, 0.29) is 11.5 Å². The molecule has 0 radical (unpaired) electrons. The molecular weight excluding hydrogens is 614 g/mol. The maximum Gasteiger partial charge on any atom is 0.573 e. The minimum atomic E-state index is -4.78. The molecule has 0 saturated carbocycles. The Labute approximate surface area is 233 Å². The number of aromatic nitrogens is 1. The zero-order valence-corrected chi connectivity index (χ0v) is 22.2. The molecule has 0 aliphatic rings. The van der Waals surface area contributed by atoms with Crippen LogP contribution in [0.1, 0.15) is 16.8 Å². The van der Waals surface area contributed by atoms with Crippen molar-refractivity contribution in [3.8, 4) is 11.5 Å². The van der Waals surface area contributed by atoms with E-state index in [2.05, 4.69) is 30.4 Å². The molecule has 0 fully saturated rings. The predicted octanol–water partition coefficient (Wildman–Crippen LogP) is 8.43. The number of ether oxygens (including phenoxy) is 2. The van der Waals surface area contributed by atoms with Gasteiger partial charge in [-0.1, -0.05) is 76.1 Å². The lowest BCUT2D eigenvalue weighted by molar-refractivity contribution is -0.275. The molecule has 4 aromatic rings. The van der Waals surface area contributed by atoms with E-state index in [1.165, 1.54) is 42.6 Å². The summed E-state index contributed by atoms with van der Waals surface area (Å²) in [4.78, 5) is 4.31. The molecule has 0 bridgehead atoms. The number of hydrogen-bond donors (Lipinski definition) is 1. The van der Waals surface area contributed by atoms with Gasteiger partial charge in [0.2, 0.25) is 0 Å². The highest BCUT2D eigenvalue weighted by molar-refractivity contribution is 9.10. The largest absolute Gasteiger partial charge is 0.573 e. The van der Waals surface area contributed by atoms with Crippen LogP contribution in [0.4, 0.5) is 26.3 Å². The summed E-state index contributed by atoms with van der Waals surface area (Å²) in [5.74, 6) is -0.561. The minimum Gasteiger partial charge on any atom is -0.406 e. The van der Waals surface area contributed by atoms with Crippen molar-refractivity contribution in [3.05, 3.63) is 124 Å². The van der Waals surface area contributed by atoms with Crippen LogP contribution in [0.3, 0.4) is 0 Å². The number of nitrogens with two attached hydrogens (primary N) is 1. The Morgan fingerprint density at radius 1 is 0.744 bits per heavy atom. The second-order valence-electron chi connectivity index (χ2n) is 8.08. The fraction of sp³-hybridized carbons (Fsp3) is 0.148. The van der Waals surface area contributed by atoms with E-state index in [9.17, 15) is 26.3 Å². The maximum absolute atomic E-state index is 12.6. The topological polar surface area (TPSA) is 57.4 Å². The third-order valence-electron chi connectivity index (χ3n) is 5.12. The molecule has 1 unspecified atom stereocenters. The van der Waals surface area contributed by atoms with Gasteiger partial charge in [-0.05, 0) is 53.6 Å². The molecule has 2 N–H and O–H groups in total. The quantitative estimate of drug-likeness (QED) is 0.217. The van der Waals surface area contributed by atoms with Gasteiger partial charge in [-0.2, -0.15) is 0 Å². The van der Waals surface area contributed by atoms with E-state index in [4.69, 9.17) is 17.3 Å². The average Bonchev–Trinajstić information content (AvgIpc) is 2.83. The normalized spacial score (nSPS) is 13.1. The molecule has 0 aliphatic carbocycles. The van der Waals surface area contributed by atoms with Gasteiger partial charge < -0.3 is 15.2 Å². The zero-order chi connectivity index (χ0) is 28.7. The molecule has 39 heavy (non-hydrogen) atoms. The van der Waals surface area contributed by atoms with E-state index >= 15 is 0 Å². The Bertz CT molecular complexity index is 1350. The zero-order valence-electron chi connectivity index (χ0n) is 19.8. The molecule has 0 saturated heterocycles. The van der Waals surface area contributed by atoms with Crippen LogP contribution in [0.2, 0.25) is 5.02 Å². The second kappa shape index (κ2) is 12.7. The molecule has 4 rings (SSSR count). The summed E-state index contributed by atoms with van der Waals surface area (Å²) in [5.41, 5.74) is 7.39. The number of benzene rings is 3. The Hall–Kier alpha value is -3.28. The van der Waals surface area contributed by atoms with Crippen molar-refractivity contribution in [2.75, 3.05) is 0 Å². The standard InChI is InChI=1S/C20H16ClF3N2O.C7H4BrF3O/c21-16-9-10-18(26-13-16)19(25,12-14-5-2-1-3-6-14)15-7-4-8-17(11-15)27-20(22,23)24;8-5-2-1-3-6(4-5)12-7(9,10)11/h1-11,13H,12,25H2;1-4H. The van der Waals surface area contributed by atoms with Gasteiger partial charge in [0.1, 0.15) is 11.5 Å². The molecule has 0 amide bonds. The van der Waals surface area contributed by atoms with Gasteiger partial charge in [0.05, 0.1) is 16.3 Å². The van der Waals surface area contributed by atoms with Crippen LogP contribution in [0.5, 0.6) is 11.5 Å². The average molecular weight is 634 g/mol. The fourth-order valence-corrected chi connectivity index (χ4v) is 4.02. The molecule has 1 aromatic heterocycles. The van der Waals surface area contributed by atoms with Gasteiger partial charge in [0.15, 0.2) is 0 Å². The van der Waals surface area contributed by atoms with Crippen LogP contribution in [0, 0.1) is 0 Å². The van der Waals surface area contributed by atoms with E-state index in [0.29, 0.717) is 27.2 Å². The fourth-order valence-electron chi connectivity index (χ4n) is 3.53. The van der Waals surface area contributed by atoms with Gasteiger partial charge in [-0.15, -0.1) is 26.3 Å². The SMILES string of the molecule is FC(F)(F)Oc1cccc(Br)c1.NC(Cc1ccccc1)(c1cccc(OC(F)(F)F)c1)c1ccc(Cl)cn1. The number of alkyl halides is 6. The molecule has 0 aliphatic heterocycles. The molecule has 4 nitrogen and oxygen atoms in total. The Kier molecular flexibility index (Phi) is 9.87. The van der Waals surface area contributed by atoms with E-state index in [1.807, 2.05) is 30.3 Å². The Balaban J connectivity index is 0.000000293. The molecular formula is C27H20BrClF6N2O2. The van der Waals surface area contributed by atoms with E-state index in [0.717, 1.165) is 5.56 Å². The summed E-state index contributed by atoms with van der Waals surface area (Å²) in [6.45, 7) is 0. The molecule has 0 spiro atoms. The molecule has 3 aromatic carbocycles. The first kappa shape index (κ1) is 30.3. The van der Waals surface area contributed by atoms with Gasteiger partial charge in [0, 0.05) is 17.1 Å². The molecule has 1 atom stereocenters. The summed E-state index contributed by atoms with van der Waals surface area (Å²) in [7, 11) is 0. The third kappa shape index (κ3) is 9.76. The lowest BCUT2D eigenvalue weighted by Gasteiger charge is -2.30. The Morgan fingerprint density at radius 3 is 1.87 bits per heavy atom. The number of nitrogens with zero attached hydrogens (tertiary/aromatic N) is 1. The first-order valence-electron chi connectivity index (χ1n) is 11.1. The van der Waals surface area contributed by atoms with Crippen LogP contribution in [-0.4, -0.2) is 17.7 Å². The summed E-state index contributed by atoms with van der Waals surface area (Å²) in [6, 6.07) is 23.9. The predicted molar refractivity (Wildman–Crippen MR) is 138 cm³/mol. The smallest absolute Gasteiger partial charge is 0.406 e. The van der Waals surface area contributed by atoms with Crippen molar-refractivity contribution in [2.45, 2.75) is 24.7 Å². The summed E-state index contributed by atoms with van der Waals surface area (Å²) >= 11 is 8.94. The molecule has 206 valence electrons. The minimum absolute atomic E-state index is 0.225. The van der Waals surface area contributed by atoms with Gasteiger partial charge in [-0.3, -0.25) is 4.98 Å². The van der Waals surface area contributed by atoms with Crippen LogP contribution >= 0.6 is 27.5 Å². The van der Waals surface area contributed by atoms with Crippen molar-refractivity contribution in [1.82, 2.24) is 4.98 Å². The second-order valence-corrected chi connectivity index (χ2v) is 9.43. The van der Waals surface area contributed by atoms with Crippen LogP contribution in [0.15, 0.2) is 102 Å². The molecule has 1 heterocycles. The highest BCUT2D eigenvalue weighted by atomic mass is 79.9. The lowest BCUT2D eigenvalue weighted by Crippen LogP contribution is -2.41. The first-order valence-corrected chi connectivity index (χ1v) is 12.2. The van der Waals surface area contributed by atoms with Crippen LogP contribution < -0.4 is 15.2 Å². The van der Waals surface area contributed by atoms with Crippen LogP contribution in [0.25, 0.3) is 0 Å². The van der Waals surface area contributed by atoms with Crippen molar-refractivity contribution < 1.29 is 35.8 Å². The van der Waals surface area contributed by atoms with Gasteiger partial charge >= 0.3 is 12.7 Å². The summed E-state index contributed by atoms with van der Waals surface area (Å²) < 4.78 is 81.0. The number of halogens is 8. The van der Waals surface area contributed by atoms with Crippen molar-refractivity contribution in [2.24, 2.45) is 5.73 Å². The lowest BCUT2D eigenvalue weighted by atomic mass is 9.81. The van der Waals surface area contributed by atoms with Gasteiger partial charge in [-0.25, -0.2) is 0 Å². The van der Waals surface area contributed by atoms with Crippen molar-refractivity contribution in [3.63, 3.8) is 0 Å². The van der Waals surface area contributed by atoms with Crippen molar-refractivity contribution in [1.29, 1.82) is 0 Å². The monoisotopic (exact) mass is 632 g/mol. The van der Waals surface area contributed by atoms with Crippen LogP contribution in [-0.2, 0) is 12.0 Å². The first-order chi connectivity index (χ1) is 18.2. The van der Waals surface area contributed by atoms with Gasteiger partial charge in [0.25, 0.3) is 0 Å². The highest BCUT2D eigenvalue weighted by Gasteiger charge is 2.35. The maximum atomic E-state index is 12.6. The number of rotatable bonds is 6. The number of hydrogen-bond acceptors (Lipinski definition) is 4. The van der Waals surface area contributed by atoms with E-state index < -0.39 is 18.3 Å². The molecule has 12 heteroatoms. The Morgan fingerprint density at radius 2 is 1.33 bits per heavy atom.